The molecular formula is C20H18O2. The first-order chi connectivity index (χ1) is 10.8. The van der Waals surface area contributed by atoms with Crippen molar-refractivity contribution in [1.82, 2.24) is 0 Å². The zero-order valence-electron chi connectivity index (χ0n) is 12.4. The highest BCUT2D eigenvalue weighted by Gasteiger charge is 2.20. The van der Waals surface area contributed by atoms with Gasteiger partial charge in [0.25, 0.3) is 0 Å². The summed E-state index contributed by atoms with van der Waals surface area (Å²) in [7, 11) is 0. The van der Waals surface area contributed by atoms with Gasteiger partial charge in [-0.25, -0.2) is 0 Å². The summed E-state index contributed by atoms with van der Waals surface area (Å²) >= 11 is 0. The molecule has 1 aliphatic carbocycles. The van der Waals surface area contributed by atoms with Gasteiger partial charge in [0.1, 0.15) is 12.4 Å². The van der Waals surface area contributed by atoms with Gasteiger partial charge in [0.15, 0.2) is 5.78 Å². The zero-order valence-corrected chi connectivity index (χ0v) is 12.4. The van der Waals surface area contributed by atoms with Crippen molar-refractivity contribution in [3.05, 3.63) is 83.4 Å². The predicted molar refractivity (Wildman–Crippen MR) is 89.2 cm³/mol. The number of fused-ring (bicyclic) bond motifs is 1. The molecule has 1 aliphatic rings. The number of allylic oxidation sites excluding steroid dienone is 1. The van der Waals surface area contributed by atoms with Gasteiger partial charge in [0, 0.05) is 11.1 Å². The Kier molecular flexibility index (Phi) is 4.19. The first-order valence-corrected chi connectivity index (χ1v) is 7.45. The maximum atomic E-state index is 12.5. The van der Waals surface area contributed by atoms with Crippen LogP contribution in [0.3, 0.4) is 0 Å². The molecule has 0 aromatic heterocycles. The van der Waals surface area contributed by atoms with Crippen molar-refractivity contribution < 1.29 is 9.53 Å². The number of ketones is 1. The number of benzene rings is 2. The van der Waals surface area contributed by atoms with E-state index in [1.807, 2.05) is 54.6 Å². The number of ether oxygens (including phenoxy) is 1. The van der Waals surface area contributed by atoms with Gasteiger partial charge in [0.2, 0.25) is 0 Å². The fourth-order valence-corrected chi connectivity index (χ4v) is 2.67. The van der Waals surface area contributed by atoms with E-state index in [0.717, 1.165) is 40.9 Å². The molecule has 110 valence electrons. The van der Waals surface area contributed by atoms with Crippen LogP contribution >= 0.6 is 0 Å². The second-order valence-electron chi connectivity index (χ2n) is 5.32. The van der Waals surface area contributed by atoms with Crippen molar-refractivity contribution in [2.75, 3.05) is 6.61 Å². The highest BCUT2D eigenvalue weighted by molar-refractivity contribution is 6.13. The summed E-state index contributed by atoms with van der Waals surface area (Å²) in [6, 6.07) is 15.6. The van der Waals surface area contributed by atoms with Crippen molar-refractivity contribution in [1.29, 1.82) is 0 Å². The normalized spacial score (nSPS) is 15.5. The zero-order chi connectivity index (χ0) is 15.4. The third-order valence-corrected chi connectivity index (χ3v) is 3.81. The topological polar surface area (TPSA) is 26.3 Å². The Hall–Kier alpha value is -2.61. The minimum Gasteiger partial charge on any atom is -0.490 e. The van der Waals surface area contributed by atoms with Gasteiger partial charge in [-0.1, -0.05) is 49.1 Å². The summed E-state index contributed by atoms with van der Waals surface area (Å²) in [5.41, 5.74) is 3.89. The number of carbonyl (C=O) groups is 1. The second-order valence-corrected chi connectivity index (χ2v) is 5.32. The summed E-state index contributed by atoms with van der Waals surface area (Å²) in [5, 5.41) is 0. The molecule has 0 fully saturated rings. The molecule has 0 spiro atoms. The largest absolute Gasteiger partial charge is 0.490 e. The lowest BCUT2D eigenvalue weighted by Gasteiger charge is -2.17. The van der Waals surface area contributed by atoms with E-state index in [2.05, 4.69) is 6.58 Å². The minimum atomic E-state index is 0.147. The Morgan fingerprint density at radius 1 is 1.05 bits per heavy atom. The molecule has 22 heavy (non-hydrogen) atoms. The van der Waals surface area contributed by atoms with E-state index < -0.39 is 0 Å². The number of aryl methyl sites for hydroxylation is 1. The standard InChI is InChI=1S/C20H18O2/c1-2-13-22-18-11-7-15(8-12-18)14-17-10-9-16-5-3-4-6-19(16)20(17)21/h2-8,11-12,14H,1,9-10,13H2/b17-14+. The fraction of sp³-hybridized carbons (Fsp3) is 0.150. The van der Waals surface area contributed by atoms with Gasteiger partial charge in [-0.05, 0) is 42.2 Å². The van der Waals surface area contributed by atoms with Crippen molar-refractivity contribution in [2.24, 2.45) is 0 Å². The SMILES string of the molecule is C=CCOc1ccc(/C=C2\CCc3ccccc3C2=O)cc1. The van der Waals surface area contributed by atoms with Gasteiger partial charge >= 0.3 is 0 Å². The molecule has 2 aromatic carbocycles. The van der Waals surface area contributed by atoms with E-state index in [4.69, 9.17) is 4.74 Å². The van der Waals surface area contributed by atoms with Crippen LogP contribution in [0.1, 0.15) is 27.9 Å². The Morgan fingerprint density at radius 3 is 2.59 bits per heavy atom. The number of Topliss-reactive ketones (excluding diaryl/α,β-unsaturated/α-hetero) is 1. The maximum Gasteiger partial charge on any atom is 0.189 e. The fourth-order valence-electron chi connectivity index (χ4n) is 2.67. The van der Waals surface area contributed by atoms with Crippen LogP contribution in [0.2, 0.25) is 0 Å². The molecule has 2 heteroatoms. The summed E-state index contributed by atoms with van der Waals surface area (Å²) in [6.45, 7) is 4.12. The average molecular weight is 290 g/mol. The summed E-state index contributed by atoms with van der Waals surface area (Å²) in [5.74, 6) is 0.955. The summed E-state index contributed by atoms with van der Waals surface area (Å²) in [4.78, 5) is 12.5. The molecule has 0 radical (unpaired) electrons. The number of hydrogen-bond donors (Lipinski definition) is 0. The molecular weight excluding hydrogens is 272 g/mol. The summed E-state index contributed by atoms with van der Waals surface area (Å²) < 4.78 is 5.46. The quantitative estimate of drug-likeness (QED) is 0.613. The monoisotopic (exact) mass is 290 g/mol. The molecule has 0 unspecified atom stereocenters. The number of rotatable bonds is 4. The molecule has 2 aromatic rings. The van der Waals surface area contributed by atoms with Crippen LogP contribution < -0.4 is 4.74 Å². The summed E-state index contributed by atoms with van der Waals surface area (Å²) in [6.07, 6.45) is 5.42. The van der Waals surface area contributed by atoms with E-state index in [0.29, 0.717) is 6.61 Å². The van der Waals surface area contributed by atoms with Crippen LogP contribution in [0.4, 0.5) is 0 Å². The van der Waals surface area contributed by atoms with Gasteiger partial charge in [-0.15, -0.1) is 0 Å². The third-order valence-electron chi connectivity index (χ3n) is 3.81. The van der Waals surface area contributed by atoms with E-state index in [-0.39, 0.29) is 5.78 Å². The van der Waals surface area contributed by atoms with E-state index >= 15 is 0 Å². The van der Waals surface area contributed by atoms with E-state index in [1.165, 1.54) is 0 Å². The van der Waals surface area contributed by atoms with Gasteiger partial charge in [-0.2, -0.15) is 0 Å². The Morgan fingerprint density at radius 2 is 1.82 bits per heavy atom. The van der Waals surface area contributed by atoms with Crippen LogP contribution in [0.5, 0.6) is 5.75 Å². The third kappa shape index (κ3) is 3.01. The lowest BCUT2D eigenvalue weighted by atomic mass is 9.86. The van der Waals surface area contributed by atoms with Gasteiger partial charge < -0.3 is 4.74 Å². The van der Waals surface area contributed by atoms with Gasteiger partial charge in [0.05, 0.1) is 0 Å². The predicted octanol–water partition coefficient (Wildman–Crippen LogP) is 4.46. The molecule has 3 rings (SSSR count). The lowest BCUT2D eigenvalue weighted by molar-refractivity contribution is 0.102. The van der Waals surface area contributed by atoms with Crippen molar-refractivity contribution in [3.63, 3.8) is 0 Å². The minimum absolute atomic E-state index is 0.147. The van der Waals surface area contributed by atoms with Crippen LogP contribution in [0.15, 0.2) is 66.8 Å². The molecule has 0 bridgehead atoms. The molecule has 0 heterocycles. The van der Waals surface area contributed by atoms with Gasteiger partial charge in [-0.3, -0.25) is 4.79 Å². The van der Waals surface area contributed by atoms with Crippen molar-refractivity contribution >= 4 is 11.9 Å². The highest BCUT2D eigenvalue weighted by atomic mass is 16.5. The molecule has 0 N–H and O–H groups in total. The molecule has 2 nitrogen and oxygen atoms in total. The number of hydrogen-bond acceptors (Lipinski definition) is 2. The first kappa shape index (κ1) is 14.3. The van der Waals surface area contributed by atoms with Crippen molar-refractivity contribution in [3.8, 4) is 5.75 Å². The van der Waals surface area contributed by atoms with Crippen LogP contribution in [0, 0.1) is 0 Å². The maximum absolute atomic E-state index is 12.5. The van der Waals surface area contributed by atoms with E-state index in [1.54, 1.807) is 6.08 Å². The number of carbonyl (C=O) groups excluding carboxylic acids is 1. The molecule has 0 aliphatic heterocycles. The average Bonchev–Trinajstić information content (AvgIpc) is 2.57. The highest BCUT2D eigenvalue weighted by Crippen LogP contribution is 2.26. The Labute approximate surface area is 130 Å². The Bertz CT molecular complexity index is 724. The molecule has 0 atom stereocenters. The van der Waals surface area contributed by atoms with E-state index in [9.17, 15) is 4.79 Å². The first-order valence-electron chi connectivity index (χ1n) is 7.45. The molecule has 0 amide bonds. The smallest absolute Gasteiger partial charge is 0.189 e. The Balaban J connectivity index is 1.81. The second kappa shape index (κ2) is 6.44. The van der Waals surface area contributed by atoms with Crippen LogP contribution in [0.25, 0.3) is 6.08 Å². The molecule has 0 saturated heterocycles. The van der Waals surface area contributed by atoms with Crippen LogP contribution in [-0.2, 0) is 6.42 Å². The molecule has 0 saturated carbocycles. The van der Waals surface area contributed by atoms with Crippen LogP contribution in [-0.4, -0.2) is 12.4 Å². The lowest BCUT2D eigenvalue weighted by Crippen LogP contribution is -2.13. The van der Waals surface area contributed by atoms with Crippen molar-refractivity contribution in [2.45, 2.75) is 12.8 Å².